The van der Waals surface area contributed by atoms with Gasteiger partial charge < -0.3 is 5.32 Å². The van der Waals surface area contributed by atoms with Crippen molar-refractivity contribution in [3.8, 4) is 6.07 Å². The monoisotopic (exact) mass is 260 g/mol. The van der Waals surface area contributed by atoms with Crippen molar-refractivity contribution in [3.05, 3.63) is 35.1 Å². The Kier molecular flexibility index (Phi) is 4.93. The first-order valence-electron chi connectivity index (χ1n) is 7.10. The molecule has 2 atom stereocenters. The lowest BCUT2D eigenvalue weighted by atomic mass is 9.80. The van der Waals surface area contributed by atoms with E-state index in [4.69, 9.17) is 5.26 Å². The first-order chi connectivity index (χ1) is 9.22. The fourth-order valence-corrected chi connectivity index (χ4v) is 2.89. The third kappa shape index (κ3) is 3.54. The Morgan fingerprint density at radius 2 is 2.16 bits per heavy atom. The van der Waals surface area contributed by atoms with E-state index in [0.717, 1.165) is 12.5 Å². The zero-order valence-electron chi connectivity index (χ0n) is 11.5. The largest absolute Gasteiger partial charge is 0.312 e. The van der Waals surface area contributed by atoms with Crippen molar-refractivity contribution >= 4 is 0 Å². The van der Waals surface area contributed by atoms with E-state index in [1.54, 1.807) is 12.1 Å². The van der Waals surface area contributed by atoms with Gasteiger partial charge in [-0.1, -0.05) is 38.3 Å². The van der Waals surface area contributed by atoms with E-state index in [0.29, 0.717) is 18.0 Å². The van der Waals surface area contributed by atoms with Crippen LogP contribution in [0.5, 0.6) is 0 Å². The van der Waals surface area contributed by atoms with Gasteiger partial charge in [0.25, 0.3) is 0 Å². The molecule has 2 unspecified atom stereocenters. The van der Waals surface area contributed by atoms with E-state index < -0.39 is 0 Å². The fraction of sp³-hybridized carbons (Fsp3) is 0.562. The van der Waals surface area contributed by atoms with Crippen LogP contribution in [0.2, 0.25) is 0 Å². The number of nitrogens with zero attached hydrogens (tertiary/aromatic N) is 1. The van der Waals surface area contributed by atoms with Crippen LogP contribution in [0, 0.1) is 29.0 Å². The van der Waals surface area contributed by atoms with Gasteiger partial charge in [0.2, 0.25) is 0 Å². The number of halogens is 1. The number of benzene rings is 1. The Hall–Kier alpha value is -1.40. The van der Waals surface area contributed by atoms with E-state index in [1.165, 1.54) is 31.7 Å². The minimum Gasteiger partial charge on any atom is -0.312 e. The summed E-state index contributed by atoms with van der Waals surface area (Å²) in [7, 11) is 0. The number of rotatable bonds is 4. The summed E-state index contributed by atoms with van der Waals surface area (Å²) >= 11 is 0. The van der Waals surface area contributed by atoms with Crippen LogP contribution in [0.15, 0.2) is 18.2 Å². The summed E-state index contributed by atoms with van der Waals surface area (Å²) in [5, 5.41) is 12.1. The van der Waals surface area contributed by atoms with Crippen molar-refractivity contribution in [3.63, 3.8) is 0 Å². The average Bonchev–Trinajstić information content (AvgIpc) is 2.43. The van der Waals surface area contributed by atoms with E-state index in [1.807, 2.05) is 6.07 Å². The molecule has 1 aromatic rings. The summed E-state index contributed by atoms with van der Waals surface area (Å²) in [4.78, 5) is 0. The second-order valence-electron chi connectivity index (χ2n) is 5.54. The number of nitrogens with one attached hydrogen (secondary N) is 1. The second kappa shape index (κ2) is 6.68. The lowest BCUT2D eigenvalue weighted by Gasteiger charge is -2.28. The zero-order chi connectivity index (χ0) is 13.7. The quantitative estimate of drug-likeness (QED) is 0.897. The molecule has 0 bridgehead atoms. The lowest BCUT2D eigenvalue weighted by Crippen LogP contribution is -2.29. The molecule has 1 aliphatic rings. The lowest BCUT2D eigenvalue weighted by molar-refractivity contribution is 0.247. The zero-order valence-corrected chi connectivity index (χ0v) is 11.5. The molecule has 0 heterocycles. The summed E-state index contributed by atoms with van der Waals surface area (Å²) in [6, 6.07) is 6.88. The predicted molar refractivity (Wildman–Crippen MR) is 73.9 cm³/mol. The van der Waals surface area contributed by atoms with Crippen LogP contribution in [0.25, 0.3) is 0 Å². The van der Waals surface area contributed by atoms with Crippen LogP contribution >= 0.6 is 0 Å². The van der Waals surface area contributed by atoms with Gasteiger partial charge in [0.15, 0.2) is 0 Å². The summed E-state index contributed by atoms with van der Waals surface area (Å²) in [5.41, 5.74) is 0.716. The van der Waals surface area contributed by atoms with Crippen LogP contribution in [0.4, 0.5) is 4.39 Å². The normalized spacial score (nSPS) is 23.0. The molecule has 2 nitrogen and oxygen atoms in total. The minimum atomic E-state index is -0.380. The van der Waals surface area contributed by atoms with E-state index >= 15 is 0 Å². The van der Waals surface area contributed by atoms with E-state index in [-0.39, 0.29) is 11.4 Å². The van der Waals surface area contributed by atoms with Crippen molar-refractivity contribution in [1.29, 1.82) is 5.26 Å². The Labute approximate surface area is 114 Å². The van der Waals surface area contributed by atoms with Crippen molar-refractivity contribution in [2.45, 2.75) is 39.2 Å². The summed E-state index contributed by atoms with van der Waals surface area (Å²) in [6.07, 6.45) is 5.24. The van der Waals surface area contributed by atoms with Gasteiger partial charge in [0, 0.05) is 12.1 Å². The Morgan fingerprint density at radius 1 is 1.37 bits per heavy atom. The van der Waals surface area contributed by atoms with Crippen LogP contribution in [-0.2, 0) is 6.54 Å². The Morgan fingerprint density at radius 3 is 2.89 bits per heavy atom. The maximum Gasteiger partial charge on any atom is 0.145 e. The SMILES string of the molecule is CC1CCCCC1CNCc1cccc(C#N)c1F. The maximum absolute atomic E-state index is 13.9. The van der Waals surface area contributed by atoms with Gasteiger partial charge in [0.05, 0.1) is 5.56 Å². The molecule has 3 heteroatoms. The molecule has 0 aromatic heterocycles. The van der Waals surface area contributed by atoms with Crippen molar-refractivity contribution < 1.29 is 4.39 Å². The average molecular weight is 260 g/mol. The number of hydrogen-bond donors (Lipinski definition) is 1. The van der Waals surface area contributed by atoms with Crippen LogP contribution < -0.4 is 5.32 Å². The highest BCUT2D eigenvalue weighted by molar-refractivity contribution is 5.34. The molecule has 0 amide bonds. The van der Waals surface area contributed by atoms with Crippen LogP contribution in [0.1, 0.15) is 43.7 Å². The molecule has 102 valence electrons. The standard InChI is InChI=1S/C16H21FN2/c1-12-5-2-3-6-14(12)10-19-11-15-8-4-7-13(9-18)16(15)17/h4,7-8,12,14,19H,2-3,5-6,10-11H2,1H3. The summed E-state index contributed by atoms with van der Waals surface area (Å²) in [6.45, 7) is 3.75. The molecule has 1 N–H and O–H groups in total. The van der Waals surface area contributed by atoms with Gasteiger partial charge in [-0.15, -0.1) is 0 Å². The molecule has 0 aliphatic heterocycles. The molecule has 1 saturated carbocycles. The Bertz CT molecular complexity index is 464. The minimum absolute atomic E-state index is 0.130. The van der Waals surface area contributed by atoms with Crippen molar-refractivity contribution in [1.82, 2.24) is 5.32 Å². The molecule has 1 aliphatic carbocycles. The van der Waals surface area contributed by atoms with Gasteiger partial charge in [0.1, 0.15) is 11.9 Å². The van der Waals surface area contributed by atoms with E-state index in [9.17, 15) is 4.39 Å². The van der Waals surface area contributed by atoms with Crippen LogP contribution in [-0.4, -0.2) is 6.54 Å². The predicted octanol–water partition coefficient (Wildman–Crippen LogP) is 3.61. The van der Waals surface area contributed by atoms with Gasteiger partial charge >= 0.3 is 0 Å². The first kappa shape index (κ1) is 14.0. The van der Waals surface area contributed by atoms with Crippen molar-refractivity contribution in [2.24, 2.45) is 11.8 Å². The molecular formula is C16H21FN2. The van der Waals surface area contributed by atoms with Gasteiger partial charge in [-0.2, -0.15) is 5.26 Å². The maximum atomic E-state index is 13.9. The molecular weight excluding hydrogens is 239 g/mol. The van der Waals surface area contributed by atoms with Crippen LogP contribution in [0.3, 0.4) is 0 Å². The molecule has 0 saturated heterocycles. The summed E-state index contributed by atoms with van der Waals surface area (Å²) < 4.78 is 13.9. The van der Waals surface area contributed by atoms with Gasteiger partial charge in [-0.3, -0.25) is 0 Å². The topological polar surface area (TPSA) is 35.8 Å². The molecule has 19 heavy (non-hydrogen) atoms. The molecule has 2 rings (SSSR count). The highest BCUT2D eigenvalue weighted by Crippen LogP contribution is 2.28. The Balaban J connectivity index is 1.87. The smallest absolute Gasteiger partial charge is 0.145 e. The highest BCUT2D eigenvalue weighted by Gasteiger charge is 2.20. The van der Waals surface area contributed by atoms with Gasteiger partial charge in [-0.05, 0) is 30.9 Å². The molecule has 0 spiro atoms. The van der Waals surface area contributed by atoms with E-state index in [2.05, 4.69) is 12.2 Å². The summed E-state index contributed by atoms with van der Waals surface area (Å²) in [5.74, 6) is 1.08. The molecule has 0 radical (unpaired) electrons. The third-order valence-corrected chi connectivity index (χ3v) is 4.21. The third-order valence-electron chi connectivity index (χ3n) is 4.21. The second-order valence-corrected chi connectivity index (χ2v) is 5.54. The van der Waals surface area contributed by atoms with Gasteiger partial charge in [-0.25, -0.2) is 4.39 Å². The van der Waals surface area contributed by atoms with Crippen molar-refractivity contribution in [2.75, 3.05) is 6.54 Å². The number of nitriles is 1. The first-order valence-corrected chi connectivity index (χ1v) is 7.10. The number of hydrogen-bond acceptors (Lipinski definition) is 2. The molecule has 1 fully saturated rings. The molecule has 1 aromatic carbocycles. The fourth-order valence-electron chi connectivity index (χ4n) is 2.89. The highest BCUT2D eigenvalue weighted by atomic mass is 19.1.